The number of methoxy groups -OCH3 is 3. The van der Waals surface area contributed by atoms with Gasteiger partial charge >= 0.3 is 5.97 Å². The number of aryl methyl sites for hydroxylation is 1. The van der Waals surface area contributed by atoms with Crippen molar-refractivity contribution in [1.82, 2.24) is 5.32 Å². The molecule has 1 aliphatic rings. The van der Waals surface area contributed by atoms with E-state index in [4.69, 9.17) is 18.9 Å². The van der Waals surface area contributed by atoms with Gasteiger partial charge in [0.05, 0.1) is 21.3 Å². The van der Waals surface area contributed by atoms with Crippen LogP contribution in [0.5, 0.6) is 17.2 Å². The summed E-state index contributed by atoms with van der Waals surface area (Å²) in [6.45, 7) is 4.13. The van der Waals surface area contributed by atoms with Crippen LogP contribution in [0.25, 0.3) is 0 Å². The van der Waals surface area contributed by atoms with E-state index in [1.807, 2.05) is 0 Å². The molecule has 1 aromatic rings. The Kier molecular flexibility index (Phi) is 8.61. The topological polar surface area (TPSA) is 83.1 Å². The lowest BCUT2D eigenvalue weighted by atomic mass is 9.78. The second-order valence-corrected chi connectivity index (χ2v) is 7.64. The number of benzene rings is 1. The summed E-state index contributed by atoms with van der Waals surface area (Å²) in [5, 5.41) is 3.01. The lowest BCUT2D eigenvalue weighted by molar-refractivity contribution is -0.148. The van der Waals surface area contributed by atoms with Crippen LogP contribution in [0.2, 0.25) is 0 Å². The molecule has 0 saturated heterocycles. The summed E-state index contributed by atoms with van der Waals surface area (Å²) in [7, 11) is 4.63. The molecule has 2 rings (SSSR count). The van der Waals surface area contributed by atoms with Crippen LogP contribution >= 0.6 is 0 Å². The average molecular weight is 408 g/mol. The molecular formula is C22H33NO6. The highest BCUT2D eigenvalue weighted by Gasteiger charge is 2.28. The molecule has 0 heterocycles. The molecule has 0 aliphatic heterocycles. The highest BCUT2D eigenvalue weighted by molar-refractivity contribution is 5.80. The minimum atomic E-state index is -0.418. The van der Waals surface area contributed by atoms with Gasteiger partial charge in [-0.05, 0) is 42.4 Å². The van der Waals surface area contributed by atoms with Gasteiger partial charge < -0.3 is 24.3 Å². The number of ether oxygens (including phenoxy) is 4. The van der Waals surface area contributed by atoms with Gasteiger partial charge in [-0.15, -0.1) is 0 Å². The summed E-state index contributed by atoms with van der Waals surface area (Å²) in [5.41, 5.74) is 0.853. The Labute approximate surface area is 173 Å². The number of carbonyl (C=O) groups excluding carboxylic acids is 2. The highest BCUT2D eigenvalue weighted by atomic mass is 16.5. The minimum Gasteiger partial charge on any atom is -0.493 e. The first-order valence-corrected chi connectivity index (χ1v) is 10.1. The van der Waals surface area contributed by atoms with Gasteiger partial charge in [0.1, 0.15) is 0 Å². The Hall–Kier alpha value is -2.44. The molecule has 1 aromatic carbocycles. The van der Waals surface area contributed by atoms with Gasteiger partial charge in [-0.25, -0.2) is 0 Å². The molecule has 1 amide bonds. The van der Waals surface area contributed by atoms with E-state index in [1.165, 1.54) is 13.5 Å². The summed E-state index contributed by atoms with van der Waals surface area (Å²) in [4.78, 5) is 24.2. The summed E-state index contributed by atoms with van der Waals surface area (Å²) in [5.74, 6) is 1.94. The molecule has 1 saturated carbocycles. The van der Waals surface area contributed by atoms with Gasteiger partial charge in [0, 0.05) is 12.5 Å². The fraction of sp³-hybridized carbons (Fsp3) is 0.636. The summed E-state index contributed by atoms with van der Waals surface area (Å²) >= 11 is 0. The molecule has 3 atom stereocenters. The van der Waals surface area contributed by atoms with Crippen molar-refractivity contribution >= 4 is 11.9 Å². The van der Waals surface area contributed by atoms with E-state index in [0.29, 0.717) is 35.5 Å². The molecular weight excluding hydrogens is 374 g/mol. The number of hydrogen-bond acceptors (Lipinski definition) is 6. The lowest BCUT2D eigenvalue weighted by Gasteiger charge is -2.34. The molecule has 1 aliphatic carbocycles. The van der Waals surface area contributed by atoms with Crippen molar-refractivity contribution < 1.29 is 28.5 Å². The number of rotatable bonds is 9. The van der Waals surface area contributed by atoms with E-state index in [1.54, 1.807) is 26.4 Å². The van der Waals surface area contributed by atoms with E-state index in [-0.39, 0.29) is 25.0 Å². The predicted octanol–water partition coefficient (Wildman–Crippen LogP) is 3.13. The third kappa shape index (κ3) is 6.27. The zero-order valence-electron chi connectivity index (χ0n) is 18.1. The molecule has 0 unspecified atom stereocenters. The Morgan fingerprint density at radius 3 is 2.28 bits per heavy atom. The number of amides is 1. The Morgan fingerprint density at radius 2 is 1.69 bits per heavy atom. The van der Waals surface area contributed by atoms with Gasteiger partial charge in [-0.3, -0.25) is 9.59 Å². The minimum absolute atomic E-state index is 0.156. The normalized spacial score (nSPS) is 21.2. The zero-order valence-corrected chi connectivity index (χ0v) is 18.1. The molecule has 7 nitrogen and oxygen atoms in total. The molecule has 29 heavy (non-hydrogen) atoms. The van der Waals surface area contributed by atoms with Crippen molar-refractivity contribution in [2.75, 3.05) is 27.9 Å². The fourth-order valence-corrected chi connectivity index (χ4v) is 3.78. The molecule has 7 heteroatoms. The predicted molar refractivity (Wildman–Crippen MR) is 109 cm³/mol. The van der Waals surface area contributed by atoms with Crippen molar-refractivity contribution in [1.29, 1.82) is 0 Å². The van der Waals surface area contributed by atoms with Crippen LogP contribution in [-0.2, 0) is 20.7 Å². The zero-order chi connectivity index (χ0) is 21.4. The first kappa shape index (κ1) is 22.8. The van der Waals surface area contributed by atoms with Gasteiger partial charge in [0.25, 0.3) is 5.91 Å². The number of nitrogens with one attached hydrogen (secondary N) is 1. The van der Waals surface area contributed by atoms with Gasteiger partial charge in [0.15, 0.2) is 18.1 Å². The molecule has 0 bridgehead atoms. The van der Waals surface area contributed by atoms with Crippen LogP contribution in [0.1, 0.15) is 45.1 Å². The number of carbonyl (C=O) groups is 2. The maximum absolute atomic E-state index is 12.1. The molecule has 1 fully saturated rings. The maximum atomic E-state index is 12.1. The largest absolute Gasteiger partial charge is 0.493 e. The van der Waals surface area contributed by atoms with E-state index >= 15 is 0 Å². The second kappa shape index (κ2) is 10.9. The third-order valence-corrected chi connectivity index (χ3v) is 5.76. The number of hydrogen-bond donors (Lipinski definition) is 1. The van der Waals surface area contributed by atoms with Gasteiger partial charge in [-0.2, -0.15) is 0 Å². The van der Waals surface area contributed by atoms with Gasteiger partial charge in [0.2, 0.25) is 5.75 Å². The second-order valence-electron chi connectivity index (χ2n) is 7.64. The Balaban J connectivity index is 1.82. The third-order valence-electron chi connectivity index (χ3n) is 5.76. The van der Waals surface area contributed by atoms with Crippen LogP contribution in [0.15, 0.2) is 12.1 Å². The van der Waals surface area contributed by atoms with Crippen molar-refractivity contribution in [3.05, 3.63) is 17.7 Å². The van der Waals surface area contributed by atoms with E-state index in [0.717, 1.165) is 18.4 Å². The van der Waals surface area contributed by atoms with Crippen molar-refractivity contribution in [3.63, 3.8) is 0 Å². The molecule has 0 spiro atoms. The quantitative estimate of drug-likeness (QED) is 0.633. The SMILES string of the molecule is COc1cc(CCC(=O)OCC(=O)N[C@@H]2CCC[C@H](C)[C@H]2C)cc(OC)c1OC. The van der Waals surface area contributed by atoms with Crippen LogP contribution in [0.3, 0.4) is 0 Å². The van der Waals surface area contributed by atoms with Gasteiger partial charge in [-0.1, -0.05) is 26.7 Å². The number of esters is 1. The molecule has 162 valence electrons. The first-order chi connectivity index (χ1) is 13.9. The lowest BCUT2D eigenvalue weighted by Crippen LogP contribution is -2.45. The summed E-state index contributed by atoms with van der Waals surface area (Å²) < 4.78 is 21.1. The van der Waals surface area contributed by atoms with E-state index < -0.39 is 5.97 Å². The van der Waals surface area contributed by atoms with Crippen molar-refractivity contribution in [2.45, 2.75) is 52.0 Å². The van der Waals surface area contributed by atoms with Crippen molar-refractivity contribution in [2.24, 2.45) is 11.8 Å². The van der Waals surface area contributed by atoms with Crippen LogP contribution < -0.4 is 19.5 Å². The van der Waals surface area contributed by atoms with Crippen LogP contribution in [0, 0.1) is 11.8 Å². The molecule has 0 aromatic heterocycles. The van der Waals surface area contributed by atoms with Crippen LogP contribution in [-0.4, -0.2) is 45.9 Å². The average Bonchev–Trinajstić information content (AvgIpc) is 2.73. The fourth-order valence-electron chi connectivity index (χ4n) is 3.78. The van der Waals surface area contributed by atoms with Crippen molar-refractivity contribution in [3.8, 4) is 17.2 Å². The highest BCUT2D eigenvalue weighted by Crippen LogP contribution is 2.38. The molecule has 1 N–H and O–H groups in total. The maximum Gasteiger partial charge on any atom is 0.306 e. The van der Waals surface area contributed by atoms with Crippen LogP contribution in [0.4, 0.5) is 0 Å². The first-order valence-electron chi connectivity index (χ1n) is 10.1. The van der Waals surface area contributed by atoms with E-state index in [9.17, 15) is 9.59 Å². The van der Waals surface area contributed by atoms with E-state index in [2.05, 4.69) is 19.2 Å². The summed E-state index contributed by atoms with van der Waals surface area (Å²) in [6.07, 6.45) is 3.89. The summed E-state index contributed by atoms with van der Waals surface area (Å²) in [6, 6.07) is 3.75. The molecule has 0 radical (unpaired) electrons. The standard InChI is InChI=1S/C22H33NO6/c1-14-7-6-8-17(15(14)2)23-20(24)13-29-21(25)10-9-16-11-18(26-3)22(28-5)19(12-16)27-4/h11-12,14-15,17H,6-10,13H2,1-5H3,(H,23,24)/t14-,15+,17+/m0/s1. The smallest absolute Gasteiger partial charge is 0.306 e. The Morgan fingerprint density at radius 1 is 1.03 bits per heavy atom. The Bertz CT molecular complexity index is 680. The monoisotopic (exact) mass is 407 g/mol.